The van der Waals surface area contributed by atoms with E-state index in [1.54, 1.807) is 35.6 Å². The monoisotopic (exact) mass is 357 g/mol. The summed E-state index contributed by atoms with van der Waals surface area (Å²) in [5.74, 6) is -0.148. The number of hydrogen-bond acceptors (Lipinski definition) is 4. The van der Waals surface area contributed by atoms with E-state index in [0.29, 0.717) is 23.8 Å². The molecule has 1 saturated carbocycles. The highest BCUT2D eigenvalue weighted by Crippen LogP contribution is 2.20. The molecule has 2 amide bonds. The van der Waals surface area contributed by atoms with Crippen LogP contribution in [0.5, 0.6) is 0 Å². The van der Waals surface area contributed by atoms with Gasteiger partial charge < -0.3 is 10.6 Å². The number of nitrogens with one attached hydrogen (secondary N) is 2. The van der Waals surface area contributed by atoms with Crippen LogP contribution in [0.3, 0.4) is 0 Å². The molecular weight excluding hydrogens is 334 g/mol. The molecule has 0 bridgehead atoms. The highest BCUT2D eigenvalue weighted by molar-refractivity contribution is 7.09. The molecular formula is C19H23N3O2S. The maximum absolute atomic E-state index is 12.3. The maximum Gasteiger partial charge on any atom is 0.251 e. The zero-order valence-corrected chi connectivity index (χ0v) is 15.1. The van der Waals surface area contributed by atoms with Gasteiger partial charge in [-0.05, 0) is 49.0 Å². The summed E-state index contributed by atoms with van der Waals surface area (Å²) in [4.78, 5) is 27.8. The molecule has 2 N–H and O–H groups in total. The molecule has 1 heterocycles. The fourth-order valence-corrected chi connectivity index (χ4v) is 3.29. The molecule has 6 heteroatoms. The van der Waals surface area contributed by atoms with Gasteiger partial charge in [0.05, 0.1) is 6.54 Å². The Morgan fingerprint density at radius 3 is 2.76 bits per heavy atom. The molecule has 2 aromatic rings. The van der Waals surface area contributed by atoms with Crippen molar-refractivity contribution < 1.29 is 9.59 Å². The number of carbonyl (C=O) groups is 2. The third-order valence-electron chi connectivity index (χ3n) is 4.10. The van der Waals surface area contributed by atoms with E-state index < -0.39 is 0 Å². The first kappa shape index (κ1) is 17.6. The Morgan fingerprint density at radius 1 is 1.24 bits per heavy atom. The first-order chi connectivity index (χ1) is 12.1. The Labute approximate surface area is 152 Å². The molecule has 3 rings (SSSR count). The SMILES string of the molecule is CCN(CC(=O)Nc1cccc(C(=O)NC2CC2)c1)Cc1cccs1. The summed E-state index contributed by atoms with van der Waals surface area (Å²) >= 11 is 1.69. The number of amides is 2. The number of hydrogen-bond donors (Lipinski definition) is 2. The van der Waals surface area contributed by atoms with E-state index in [4.69, 9.17) is 0 Å². The Kier molecular flexibility index (Phi) is 5.83. The van der Waals surface area contributed by atoms with Gasteiger partial charge in [0.25, 0.3) is 5.91 Å². The third kappa shape index (κ3) is 5.41. The number of benzene rings is 1. The van der Waals surface area contributed by atoms with Crippen molar-refractivity contribution in [3.05, 3.63) is 52.2 Å². The molecule has 1 aliphatic carbocycles. The average molecular weight is 357 g/mol. The summed E-state index contributed by atoms with van der Waals surface area (Å²) in [7, 11) is 0. The number of thiophene rings is 1. The molecule has 1 aromatic heterocycles. The number of carbonyl (C=O) groups excluding carboxylic acids is 2. The predicted octanol–water partition coefficient (Wildman–Crippen LogP) is 3.10. The third-order valence-corrected chi connectivity index (χ3v) is 4.96. The molecule has 0 saturated heterocycles. The molecule has 132 valence electrons. The van der Waals surface area contributed by atoms with Crippen LogP contribution in [-0.4, -0.2) is 35.8 Å². The van der Waals surface area contributed by atoms with Gasteiger partial charge in [0.2, 0.25) is 5.91 Å². The second kappa shape index (κ2) is 8.27. The fourth-order valence-electron chi connectivity index (χ4n) is 2.54. The van der Waals surface area contributed by atoms with Crippen molar-refractivity contribution in [2.45, 2.75) is 32.4 Å². The molecule has 0 spiro atoms. The summed E-state index contributed by atoms with van der Waals surface area (Å²) in [6.07, 6.45) is 2.11. The molecule has 5 nitrogen and oxygen atoms in total. The lowest BCUT2D eigenvalue weighted by Gasteiger charge is -2.19. The predicted molar refractivity (Wildman–Crippen MR) is 101 cm³/mol. The quantitative estimate of drug-likeness (QED) is 0.763. The van der Waals surface area contributed by atoms with Crippen molar-refractivity contribution in [1.29, 1.82) is 0 Å². The van der Waals surface area contributed by atoms with Crippen LogP contribution in [0.25, 0.3) is 0 Å². The second-order valence-electron chi connectivity index (χ2n) is 6.26. The largest absolute Gasteiger partial charge is 0.349 e. The standard InChI is InChI=1S/C19H23N3O2S/c1-2-22(12-17-7-4-10-25-17)13-18(23)20-16-6-3-5-14(11-16)19(24)21-15-8-9-15/h3-7,10-11,15H,2,8-9,12-13H2,1H3,(H,20,23)(H,21,24). The lowest BCUT2D eigenvalue weighted by molar-refractivity contribution is -0.117. The molecule has 25 heavy (non-hydrogen) atoms. The number of likely N-dealkylation sites (N-methyl/N-ethyl adjacent to an activating group) is 1. The van der Waals surface area contributed by atoms with Gasteiger partial charge in [-0.15, -0.1) is 11.3 Å². The number of anilines is 1. The van der Waals surface area contributed by atoms with E-state index in [0.717, 1.165) is 25.9 Å². The molecule has 0 aliphatic heterocycles. The first-order valence-corrected chi connectivity index (χ1v) is 9.47. The van der Waals surface area contributed by atoms with Crippen LogP contribution in [-0.2, 0) is 11.3 Å². The van der Waals surface area contributed by atoms with Crippen LogP contribution in [0.15, 0.2) is 41.8 Å². The molecule has 1 aliphatic rings. The minimum absolute atomic E-state index is 0.0712. The van der Waals surface area contributed by atoms with Gasteiger partial charge in [0, 0.05) is 28.7 Å². The summed E-state index contributed by atoms with van der Waals surface area (Å²) in [5.41, 5.74) is 1.23. The van der Waals surface area contributed by atoms with E-state index >= 15 is 0 Å². The van der Waals surface area contributed by atoms with Crippen molar-refractivity contribution in [2.75, 3.05) is 18.4 Å². The fraction of sp³-hybridized carbons (Fsp3) is 0.368. The van der Waals surface area contributed by atoms with Gasteiger partial charge in [-0.25, -0.2) is 0 Å². The highest BCUT2D eigenvalue weighted by Gasteiger charge is 2.23. The van der Waals surface area contributed by atoms with Crippen molar-refractivity contribution in [3.63, 3.8) is 0 Å². The number of rotatable bonds is 8. The summed E-state index contributed by atoms with van der Waals surface area (Å²) in [6.45, 7) is 3.94. The first-order valence-electron chi connectivity index (χ1n) is 8.59. The van der Waals surface area contributed by atoms with Gasteiger partial charge >= 0.3 is 0 Å². The van der Waals surface area contributed by atoms with Crippen LogP contribution in [0.4, 0.5) is 5.69 Å². The van der Waals surface area contributed by atoms with Crippen molar-refractivity contribution in [1.82, 2.24) is 10.2 Å². The maximum atomic E-state index is 12.3. The topological polar surface area (TPSA) is 61.4 Å². The zero-order chi connectivity index (χ0) is 17.6. The van der Waals surface area contributed by atoms with Crippen LogP contribution >= 0.6 is 11.3 Å². The molecule has 1 aromatic carbocycles. The molecule has 0 atom stereocenters. The Balaban J connectivity index is 1.55. The summed E-state index contributed by atoms with van der Waals surface area (Å²) in [5, 5.41) is 7.89. The van der Waals surface area contributed by atoms with E-state index in [2.05, 4.69) is 21.6 Å². The summed E-state index contributed by atoms with van der Waals surface area (Å²) < 4.78 is 0. The van der Waals surface area contributed by atoms with E-state index in [1.807, 2.05) is 18.4 Å². The molecule has 0 unspecified atom stereocenters. The lowest BCUT2D eigenvalue weighted by Crippen LogP contribution is -2.32. The van der Waals surface area contributed by atoms with Gasteiger partial charge in [-0.1, -0.05) is 19.1 Å². The van der Waals surface area contributed by atoms with E-state index in [-0.39, 0.29) is 11.8 Å². The van der Waals surface area contributed by atoms with E-state index in [1.165, 1.54) is 4.88 Å². The lowest BCUT2D eigenvalue weighted by atomic mass is 10.2. The van der Waals surface area contributed by atoms with Gasteiger partial charge in [0.15, 0.2) is 0 Å². The minimum Gasteiger partial charge on any atom is -0.349 e. The smallest absolute Gasteiger partial charge is 0.251 e. The zero-order valence-electron chi connectivity index (χ0n) is 14.3. The van der Waals surface area contributed by atoms with Crippen molar-refractivity contribution in [2.24, 2.45) is 0 Å². The Morgan fingerprint density at radius 2 is 2.08 bits per heavy atom. The van der Waals surface area contributed by atoms with Gasteiger partial charge in [0.1, 0.15) is 0 Å². The highest BCUT2D eigenvalue weighted by atomic mass is 32.1. The van der Waals surface area contributed by atoms with Crippen molar-refractivity contribution >= 4 is 28.8 Å². The molecule has 0 radical (unpaired) electrons. The molecule has 1 fully saturated rings. The summed E-state index contributed by atoms with van der Waals surface area (Å²) in [6, 6.07) is 11.5. The Hall–Kier alpha value is -2.18. The van der Waals surface area contributed by atoms with Crippen LogP contribution < -0.4 is 10.6 Å². The van der Waals surface area contributed by atoms with Gasteiger partial charge in [-0.3, -0.25) is 14.5 Å². The average Bonchev–Trinajstić information content (AvgIpc) is 3.27. The van der Waals surface area contributed by atoms with Crippen molar-refractivity contribution in [3.8, 4) is 0 Å². The minimum atomic E-state index is -0.0773. The van der Waals surface area contributed by atoms with E-state index in [9.17, 15) is 9.59 Å². The van der Waals surface area contributed by atoms with Crippen LogP contribution in [0, 0.1) is 0 Å². The second-order valence-corrected chi connectivity index (χ2v) is 7.29. The Bertz CT molecular complexity index is 726. The normalized spacial score (nSPS) is 13.7. The van der Waals surface area contributed by atoms with Crippen LogP contribution in [0.1, 0.15) is 35.0 Å². The van der Waals surface area contributed by atoms with Crippen LogP contribution in [0.2, 0.25) is 0 Å². The van der Waals surface area contributed by atoms with Gasteiger partial charge in [-0.2, -0.15) is 0 Å². The number of nitrogens with zero attached hydrogens (tertiary/aromatic N) is 1.